The van der Waals surface area contributed by atoms with E-state index in [4.69, 9.17) is 0 Å². The van der Waals surface area contributed by atoms with E-state index in [1.54, 1.807) is 37.4 Å². The van der Waals surface area contributed by atoms with Crippen LogP contribution < -0.4 is 10.5 Å². The Bertz CT molecular complexity index is 1110. The molecule has 0 N–H and O–H groups in total. The topological polar surface area (TPSA) is 42.3 Å². The molecule has 6 heteroatoms. The van der Waals surface area contributed by atoms with Gasteiger partial charge in [-0.15, -0.1) is 0 Å². The summed E-state index contributed by atoms with van der Waals surface area (Å²) >= 11 is 3.32. The standard InChI is InChI=1S/C19H14BrFN2O2/c1-22-15-6-4-3-5-11(15)9-14(17(22)24)19(21)13-10-12(20)7-8-16(13)23(2)18(19)25/h3-10H,1-2H3. The average Bonchev–Trinajstić information content (AvgIpc) is 2.80. The van der Waals surface area contributed by atoms with Crippen LogP contribution in [0.5, 0.6) is 0 Å². The minimum Gasteiger partial charge on any atom is -0.312 e. The number of aryl methyl sites for hydroxylation is 1. The Balaban J connectivity index is 2.10. The number of benzene rings is 2. The first-order valence-electron chi connectivity index (χ1n) is 7.72. The molecule has 2 heterocycles. The summed E-state index contributed by atoms with van der Waals surface area (Å²) in [6.45, 7) is 0. The Kier molecular flexibility index (Phi) is 3.37. The van der Waals surface area contributed by atoms with Gasteiger partial charge in [0, 0.05) is 24.1 Å². The highest BCUT2D eigenvalue weighted by atomic mass is 79.9. The van der Waals surface area contributed by atoms with Crippen LogP contribution in [0, 0.1) is 0 Å². The first-order chi connectivity index (χ1) is 11.9. The average molecular weight is 401 g/mol. The smallest absolute Gasteiger partial charge is 0.274 e. The number of hydrogen-bond donors (Lipinski definition) is 0. The van der Waals surface area contributed by atoms with Crippen molar-refractivity contribution in [1.29, 1.82) is 0 Å². The zero-order valence-corrected chi connectivity index (χ0v) is 15.2. The minimum atomic E-state index is -2.51. The van der Waals surface area contributed by atoms with Gasteiger partial charge in [0.15, 0.2) is 0 Å². The van der Waals surface area contributed by atoms with Crippen LogP contribution >= 0.6 is 15.9 Å². The number of carbonyl (C=O) groups is 1. The van der Waals surface area contributed by atoms with E-state index in [-0.39, 0.29) is 11.1 Å². The quantitative estimate of drug-likeness (QED) is 0.627. The van der Waals surface area contributed by atoms with Gasteiger partial charge in [0.25, 0.3) is 11.5 Å². The largest absolute Gasteiger partial charge is 0.312 e. The molecule has 4 nitrogen and oxygen atoms in total. The molecule has 0 radical (unpaired) electrons. The number of hydrogen-bond acceptors (Lipinski definition) is 2. The molecule has 1 aliphatic heterocycles. The predicted molar refractivity (Wildman–Crippen MR) is 98.6 cm³/mol. The normalized spacial score (nSPS) is 19.5. The van der Waals surface area contributed by atoms with Gasteiger partial charge in [-0.1, -0.05) is 34.1 Å². The van der Waals surface area contributed by atoms with Gasteiger partial charge in [-0.25, -0.2) is 4.39 Å². The molecule has 0 aliphatic carbocycles. The number of fused-ring (bicyclic) bond motifs is 2. The number of pyridine rings is 1. The second-order valence-electron chi connectivity index (χ2n) is 6.17. The molecule has 3 aromatic rings. The van der Waals surface area contributed by atoms with Crippen molar-refractivity contribution in [1.82, 2.24) is 4.57 Å². The lowest BCUT2D eigenvalue weighted by atomic mass is 9.89. The van der Waals surface area contributed by atoms with Crippen LogP contribution in [-0.2, 0) is 17.5 Å². The van der Waals surface area contributed by atoms with Crippen LogP contribution in [0.2, 0.25) is 0 Å². The number of rotatable bonds is 1. The lowest BCUT2D eigenvalue weighted by Gasteiger charge is -2.20. The van der Waals surface area contributed by atoms with Gasteiger partial charge in [-0.2, -0.15) is 0 Å². The van der Waals surface area contributed by atoms with Crippen molar-refractivity contribution in [2.24, 2.45) is 7.05 Å². The molecule has 1 unspecified atom stereocenters. The second-order valence-corrected chi connectivity index (χ2v) is 7.08. The van der Waals surface area contributed by atoms with Gasteiger partial charge in [0.2, 0.25) is 5.67 Å². The number of aromatic nitrogens is 1. The van der Waals surface area contributed by atoms with Crippen LogP contribution in [0.3, 0.4) is 0 Å². The summed E-state index contributed by atoms with van der Waals surface area (Å²) in [5, 5.41) is 0.704. The maximum absolute atomic E-state index is 16.2. The van der Waals surface area contributed by atoms with Crippen LogP contribution in [0.4, 0.5) is 10.1 Å². The highest BCUT2D eigenvalue weighted by Crippen LogP contribution is 2.47. The summed E-state index contributed by atoms with van der Waals surface area (Å²) in [5.41, 5.74) is -1.86. The Morgan fingerprint density at radius 3 is 2.48 bits per heavy atom. The van der Waals surface area contributed by atoms with Gasteiger partial charge in [-0.05, 0) is 35.7 Å². The molecule has 1 aromatic heterocycles. The number of likely N-dealkylation sites (N-methyl/N-ethyl adjacent to an activating group) is 1. The van der Waals surface area contributed by atoms with Gasteiger partial charge in [-0.3, -0.25) is 9.59 Å². The van der Waals surface area contributed by atoms with Crippen molar-refractivity contribution in [3.05, 3.63) is 74.5 Å². The predicted octanol–water partition coefficient (Wildman–Crippen LogP) is 3.49. The molecule has 25 heavy (non-hydrogen) atoms. The maximum Gasteiger partial charge on any atom is 0.274 e. The molecule has 0 bridgehead atoms. The number of anilines is 1. The lowest BCUT2D eigenvalue weighted by molar-refractivity contribution is -0.126. The molecule has 0 saturated heterocycles. The lowest BCUT2D eigenvalue weighted by Crippen LogP contribution is -2.41. The van der Waals surface area contributed by atoms with E-state index < -0.39 is 17.1 Å². The molecular weight excluding hydrogens is 387 g/mol. The van der Waals surface area contributed by atoms with E-state index >= 15 is 4.39 Å². The highest BCUT2D eigenvalue weighted by Gasteiger charge is 2.53. The van der Waals surface area contributed by atoms with Crippen molar-refractivity contribution >= 4 is 38.4 Å². The molecule has 126 valence electrons. The molecule has 0 fully saturated rings. The molecule has 1 amide bonds. The fourth-order valence-corrected chi connectivity index (χ4v) is 3.82. The third-order valence-electron chi connectivity index (χ3n) is 4.79. The summed E-state index contributed by atoms with van der Waals surface area (Å²) in [7, 11) is 3.10. The number of carbonyl (C=O) groups excluding carboxylic acids is 1. The Labute approximate surface area is 151 Å². The third kappa shape index (κ3) is 2.03. The van der Waals surface area contributed by atoms with Crippen LogP contribution in [0.1, 0.15) is 11.1 Å². The fraction of sp³-hybridized carbons (Fsp3) is 0.158. The van der Waals surface area contributed by atoms with E-state index in [2.05, 4.69) is 15.9 Å². The van der Waals surface area contributed by atoms with Crippen LogP contribution in [-0.4, -0.2) is 17.5 Å². The van der Waals surface area contributed by atoms with Crippen LogP contribution in [0.15, 0.2) is 57.8 Å². The minimum absolute atomic E-state index is 0.164. The maximum atomic E-state index is 16.2. The molecule has 1 atom stereocenters. The fourth-order valence-electron chi connectivity index (χ4n) is 3.46. The van der Waals surface area contributed by atoms with Crippen molar-refractivity contribution in [3.63, 3.8) is 0 Å². The summed E-state index contributed by atoms with van der Waals surface area (Å²) in [4.78, 5) is 26.9. The molecule has 4 rings (SSSR count). The monoisotopic (exact) mass is 400 g/mol. The Morgan fingerprint density at radius 1 is 1.00 bits per heavy atom. The number of para-hydroxylation sites is 1. The Hall–Kier alpha value is -2.47. The number of amides is 1. The molecule has 2 aromatic carbocycles. The van der Waals surface area contributed by atoms with Gasteiger partial charge in [0.1, 0.15) is 0 Å². The molecular formula is C19H14BrFN2O2. The van der Waals surface area contributed by atoms with Crippen molar-refractivity contribution in [2.75, 3.05) is 11.9 Å². The van der Waals surface area contributed by atoms with Gasteiger partial charge < -0.3 is 9.47 Å². The summed E-state index contributed by atoms with van der Waals surface area (Å²) < 4.78 is 18.2. The highest BCUT2D eigenvalue weighted by molar-refractivity contribution is 9.10. The van der Waals surface area contributed by atoms with Crippen LogP contribution in [0.25, 0.3) is 10.9 Å². The first-order valence-corrected chi connectivity index (χ1v) is 8.51. The number of alkyl halides is 1. The zero-order chi connectivity index (χ0) is 17.9. The third-order valence-corrected chi connectivity index (χ3v) is 5.29. The SMILES string of the molecule is CN1C(=O)C(F)(c2cc3ccccc3n(C)c2=O)c2cc(Br)ccc21. The summed E-state index contributed by atoms with van der Waals surface area (Å²) in [6.07, 6.45) is 0. The number of nitrogens with zero attached hydrogens (tertiary/aromatic N) is 2. The number of halogens is 2. The van der Waals surface area contributed by atoms with Crippen molar-refractivity contribution < 1.29 is 9.18 Å². The second kappa shape index (κ2) is 5.26. The van der Waals surface area contributed by atoms with Gasteiger partial charge in [0.05, 0.1) is 16.8 Å². The molecule has 0 spiro atoms. The van der Waals surface area contributed by atoms with E-state index in [0.717, 1.165) is 0 Å². The van der Waals surface area contributed by atoms with E-state index in [9.17, 15) is 9.59 Å². The van der Waals surface area contributed by atoms with Gasteiger partial charge >= 0.3 is 0 Å². The molecule has 0 saturated carbocycles. The van der Waals surface area contributed by atoms with E-state index in [0.29, 0.717) is 21.1 Å². The summed E-state index contributed by atoms with van der Waals surface area (Å²) in [6, 6.07) is 13.7. The first kappa shape index (κ1) is 16.0. The van der Waals surface area contributed by atoms with Crippen molar-refractivity contribution in [3.8, 4) is 0 Å². The Morgan fingerprint density at radius 2 is 1.72 bits per heavy atom. The van der Waals surface area contributed by atoms with E-state index in [1.807, 2.05) is 12.1 Å². The van der Waals surface area contributed by atoms with E-state index in [1.165, 1.54) is 22.6 Å². The molecule has 1 aliphatic rings. The summed E-state index contributed by atoms with van der Waals surface area (Å²) in [5.74, 6) is -0.756. The van der Waals surface area contributed by atoms with Crippen molar-refractivity contribution in [2.45, 2.75) is 5.67 Å². The zero-order valence-electron chi connectivity index (χ0n) is 13.6.